The maximum absolute atomic E-state index is 12.3. The predicted octanol–water partition coefficient (Wildman–Crippen LogP) is 3.33. The number of ether oxygens (including phenoxy) is 1. The number of rotatable bonds is 6. The highest BCUT2D eigenvalue weighted by Gasteiger charge is 2.17. The first-order valence-electron chi connectivity index (χ1n) is 7.85. The van der Waals surface area contributed by atoms with Gasteiger partial charge in [-0.05, 0) is 36.2 Å². The summed E-state index contributed by atoms with van der Waals surface area (Å²) in [6, 6.07) is 12.8. The Morgan fingerprint density at radius 1 is 1.20 bits per heavy atom. The third-order valence-corrected chi connectivity index (χ3v) is 4.16. The van der Waals surface area contributed by atoms with Gasteiger partial charge in [-0.15, -0.1) is 0 Å². The number of benzene rings is 2. The highest BCUT2D eigenvalue weighted by molar-refractivity contribution is 6.32. The van der Waals surface area contributed by atoms with Crippen molar-refractivity contribution in [2.24, 2.45) is 0 Å². The van der Waals surface area contributed by atoms with Gasteiger partial charge in [0, 0.05) is 19.2 Å². The molecule has 2 amide bonds. The van der Waals surface area contributed by atoms with Gasteiger partial charge in [-0.3, -0.25) is 9.59 Å². The number of hydrogen-bond donors (Lipinski definition) is 1. The lowest BCUT2D eigenvalue weighted by atomic mass is 10.1. The summed E-state index contributed by atoms with van der Waals surface area (Å²) in [6.45, 7) is 3.74. The van der Waals surface area contributed by atoms with Crippen LogP contribution in [-0.2, 0) is 16.1 Å². The first-order valence-corrected chi connectivity index (χ1v) is 8.23. The van der Waals surface area contributed by atoms with E-state index >= 15 is 0 Å². The van der Waals surface area contributed by atoms with E-state index in [9.17, 15) is 9.59 Å². The van der Waals surface area contributed by atoms with Crippen molar-refractivity contribution in [1.82, 2.24) is 5.32 Å². The zero-order chi connectivity index (χ0) is 18.4. The van der Waals surface area contributed by atoms with Gasteiger partial charge in [-0.25, -0.2) is 0 Å². The van der Waals surface area contributed by atoms with E-state index in [2.05, 4.69) is 5.32 Å². The molecule has 0 fully saturated rings. The van der Waals surface area contributed by atoms with Crippen LogP contribution in [0.3, 0.4) is 0 Å². The quantitative estimate of drug-likeness (QED) is 0.859. The molecule has 2 aromatic carbocycles. The smallest absolute Gasteiger partial charge is 0.240 e. The predicted molar refractivity (Wildman–Crippen MR) is 99.1 cm³/mol. The summed E-state index contributed by atoms with van der Waals surface area (Å²) in [5.41, 5.74) is 2.69. The van der Waals surface area contributed by atoms with Crippen LogP contribution in [0.25, 0.3) is 0 Å². The van der Waals surface area contributed by atoms with Crippen LogP contribution in [0.2, 0.25) is 5.02 Å². The summed E-state index contributed by atoms with van der Waals surface area (Å²) in [5, 5.41) is 3.22. The van der Waals surface area contributed by atoms with Crippen LogP contribution in [0, 0.1) is 6.92 Å². The van der Waals surface area contributed by atoms with E-state index in [4.69, 9.17) is 16.3 Å². The second kappa shape index (κ2) is 8.53. The Morgan fingerprint density at radius 3 is 2.52 bits per heavy atom. The minimum Gasteiger partial charge on any atom is -0.495 e. The van der Waals surface area contributed by atoms with Crippen molar-refractivity contribution in [3.05, 3.63) is 58.6 Å². The first-order chi connectivity index (χ1) is 11.9. The van der Waals surface area contributed by atoms with Gasteiger partial charge in [0.05, 0.1) is 12.1 Å². The first kappa shape index (κ1) is 18.8. The zero-order valence-corrected chi connectivity index (χ0v) is 15.3. The average molecular weight is 361 g/mol. The number of amides is 2. The molecular weight excluding hydrogens is 340 g/mol. The molecule has 0 aromatic heterocycles. The second-order valence-electron chi connectivity index (χ2n) is 5.63. The van der Waals surface area contributed by atoms with Crippen LogP contribution in [-0.4, -0.2) is 25.5 Å². The molecule has 6 heteroatoms. The molecule has 0 aliphatic rings. The van der Waals surface area contributed by atoms with Gasteiger partial charge in [0.15, 0.2) is 0 Å². The van der Waals surface area contributed by atoms with Crippen LogP contribution in [0.5, 0.6) is 5.75 Å². The molecule has 0 aliphatic carbocycles. The van der Waals surface area contributed by atoms with E-state index in [1.807, 2.05) is 31.2 Å². The van der Waals surface area contributed by atoms with Crippen LogP contribution >= 0.6 is 11.6 Å². The van der Waals surface area contributed by atoms with E-state index in [0.29, 0.717) is 23.0 Å². The number of carbonyl (C=O) groups excluding carboxylic acids is 2. The number of carbonyl (C=O) groups is 2. The number of hydrogen-bond acceptors (Lipinski definition) is 3. The lowest BCUT2D eigenvalue weighted by molar-refractivity contribution is -0.123. The molecule has 0 aliphatic heterocycles. The zero-order valence-electron chi connectivity index (χ0n) is 14.5. The Morgan fingerprint density at radius 2 is 1.92 bits per heavy atom. The summed E-state index contributed by atoms with van der Waals surface area (Å²) < 4.78 is 5.11. The molecule has 0 heterocycles. The number of methoxy groups -OCH3 is 1. The van der Waals surface area contributed by atoms with Crippen molar-refractivity contribution in [1.29, 1.82) is 0 Å². The molecule has 0 unspecified atom stereocenters. The Balaban J connectivity index is 2.06. The van der Waals surface area contributed by atoms with E-state index in [-0.39, 0.29) is 18.4 Å². The normalized spacial score (nSPS) is 10.2. The molecule has 0 bridgehead atoms. The fraction of sp³-hybridized carbons (Fsp3) is 0.263. The molecule has 5 nitrogen and oxygen atoms in total. The third kappa shape index (κ3) is 4.97. The topological polar surface area (TPSA) is 58.6 Å². The van der Waals surface area contributed by atoms with Crippen LogP contribution < -0.4 is 15.0 Å². The number of aryl methyl sites for hydroxylation is 1. The monoisotopic (exact) mass is 360 g/mol. The van der Waals surface area contributed by atoms with Crippen molar-refractivity contribution < 1.29 is 14.3 Å². The molecule has 132 valence electrons. The summed E-state index contributed by atoms with van der Waals surface area (Å²) in [6.07, 6.45) is 0. The van der Waals surface area contributed by atoms with Gasteiger partial charge >= 0.3 is 0 Å². The van der Waals surface area contributed by atoms with Gasteiger partial charge in [0.1, 0.15) is 12.3 Å². The van der Waals surface area contributed by atoms with E-state index < -0.39 is 0 Å². The number of nitrogens with zero attached hydrogens (tertiary/aromatic N) is 1. The standard InChI is InChI=1S/C19H21ClN2O3/c1-13-6-4-5-7-15(13)11-21-19(24)12-22(14(2)23)16-8-9-18(25-3)17(20)10-16/h4-10H,11-12H2,1-3H3,(H,21,24). The molecule has 1 N–H and O–H groups in total. The van der Waals surface area contributed by atoms with Crippen LogP contribution in [0.1, 0.15) is 18.1 Å². The molecule has 2 aromatic rings. The van der Waals surface area contributed by atoms with Gasteiger partial charge < -0.3 is 15.0 Å². The second-order valence-corrected chi connectivity index (χ2v) is 6.03. The minimum atomic E-state index is -0.245. The molecule has 0 atom stereocenters. The van der Waals surface area contributed by atoms with Crippen molar-refractivity contribution in [2.75, 3.05) is 18.6 Å². The summed E-state index contributed by atoms with van der Waals surface area (Å²) >= 11 is 6.11. The summed E-state index contributed by atoms with van der Waals surface area (Å²) in [7, 11) is 1.52. The van der Waals surface area contributed by atoms with Gasteiger partial charge in [0.25, 0.3) is 0 Å². The molecule has 0 saturated heterocycles. The molecule has 0 saturated carbocycles. The Bertz CT molecular complexity index is 777. The Hall–Kier alpha value is -2.53. The lowest BCUT2D eigenvalue weighted by Gasteiger charge is -2.21. The molecule has 0 spiro atoms. The van der Waals surface area contributed by atoms with Crippen molar-refractivity contribution >= 4 is 29.1 Å². The summed E-state index contributed by atoms with van der Waals surface area (Å²) in [4.78, 5) is 25.6. The highest BCUT2D eigenvalue weighted by Crippen LogP contribution is 2.29. The lowest BCUT2D eigenvalue weighted by Crippen LogP contribution is -2.39. The van der Waals surface area contributed by atoms with Crippen molar-refractivity contribution in [3.8, 4) is 5.75 Å². The minimum absolute atomic E-state index is 0.0795. The van der Waals surface area contributed by atoms with Gasteiger partial charge in [0.2, 0.25) is 11.8 Å². The van der Waals surface area contributed by atoms with Crippen LogP contribution in [0.4, 0.5) is 5.69 Å². The fourth-order valence-electron chi connectivity index (χ4n) is 2.41. The SMILES string of the molecule is COc1ccc(N(CC(=O)NCc2ccccc2C)C(C)=O)cc1Cl. The molecule has 0 radical (unpaired) electrons. The van der Waals surface area contributed by atoms with Gasteiger partial charge in [-0.2, -0.15) is 0 Å². The molecule has 2 rings (SSSR count). The number of halogens is 1. The number of nitrogens with one attached hydrogen (secondary N) is 1. The van der Waals surface area contributed by atoms with Crippen molar-refractivity contribution in [3.63, 3.8) is 0 Å². The Labute approximate surface area is 152 Å². The molecular formula is C19H21ClN2O3. The Kier molecular flexibility index (Phi) is 6.42. The highest BCUT2D eigenvalue weighted by atomic mass is 35.5. The van der Waals surface area contributed by atoms with Crippen LogP contribution in [0.15, 0.2) is 42.5 Å². The van der Waals surface area contributed by atoms with E-state index in [1.165, 1.54) is 18.9 Å². The molecule has 25 heavy (non-hydrogen) atoms. The summed E-state index contributed by atoms with van der Waals surface area (Å²) in [5.74, 6) is 0.0237. The van der Waals surface area contributed by atoms with Crippen molar-refractivity contribution in [2.45, 2.75) is 20.4 Å². The van der Waals surface area contributed by atoms with E-state index in [1.54, 1.807) is 18.2 Å². The van der Waals surface area contributed by atoms with E-state index in [0.717, 1.165) is 11.1 Å². The maximum atomic E-state index is 12.3. The number of anilines is 1. The fourth-order valence-corrected chi connectivity index (χ4v) is 2.66. The largest absolute Gasteiger partial charge is 0.495 e. The average Bonchev–Trinajstić information content (AvgIpc) is 2.58. The van der Waals surface area contributed by atoms with Gasteiger partial charge in [-0.1, -0.05) is 35.9 Å². The third-order valence-electron chi connectivity index (χ3n) is 3.87. The maximum Gasteiger partial charge on any atom is 0.240 e.